The highest BCUT2D eigenvalue weighted by Crippen LogP contribution is 2.18. The lowest BCUT2D eigenvalue weighted by molar-refractivity contribution is -0.121. The van der Waals surface area contributed by atoms with E-state index in [0.29, 0.717) is 0 Å². The van der Waals surface area contributed by atoms with E-state index in [1.807, 2.05) is 0 Å². The van der Waals surface area contributed by atoms with Gasteiger partial charge in [0.05, 0.1) is 5.56 Å². The lowest BCUT2D eigenvalue weighted by Crippen LogP contribution is -2.42. The molecular formula is C11H13N3O4. The second kappa shape index (κ2) is 4.59. The highest BCUT2D eigenvalue weighted by atomic mass is 16.2. The Balaban J connectivity index is 2.28. The molecule has 0 unspecified atom stereocenters. The number of amides is 1. The SMILES string of the molecule is CC(=O)c1c[nH]c(=O)n(CC(=O)NC2CC2)c1=O. The van der Waals surface area contributed by atoms with Crippen molar-refractivity contribution in [2.75, 3.05) is 0 Å². The van der Waals surface area contributed by atoms with Crippen LogP contribution in [0.2, 0.25) is 0 Å². The minimum atomic E-state index is -0.739. The van der Waals surface area contributed by atoms with Crippen molar-refractivity contribution in [3.63, 3.8) is 0 Å². The molecule has 96 valence electrons. The third kappa shape index (κ3) is 2.55. The first-order valence-corrected chi connectivity index (χ1v) is 5.62. The van der Waals surface area contributed by atoms with Gasteiger partial charge in [0, 0.05) is 12.2 Å². The predicted octanol–water partition coefficient (Wildman–Crippen LogP) is -0.982. The largest absolute Gasteiger partial charge is 0.352 e. The molecule has 0 bridgehead atoms. The van der Waals surface area contributed by atoms with Crippen LogP contribution >= 0.6 is 0 Å². The Morgan fingerprint density at radius 1 is 1.44 bits per heavy atom. The number of nitrogens with zero attached hydrogens (tertiary/aromatic N) is 1. The average Bonchev–Trinajstić information content (AvgIpc) is 3.07. The van der Waals surface area contributed by atoms with E-state index < -0.39 is 22.9 Å². The molecule has 2 rings (SSSR count). The Kier molecular flexibility index (Phi) is 3.14. The molecule has 0 spiro atoms. The smallest absolute Gasteiger partial charge is 0.328 e. The Hall–Kier alpha value is -2.18. The van der Waals surface area contributed by atoms with Crippen molar-refractivity contribution in [1.29, 1.82) is 0 Å². The van der Waals surface area contributed by atoms with Gasteiger partial charge in [-0.2, -0.15) is 0 Å². The minimum absolute atomic E-state index is 0.131. The molecule has 1 amide bonds. The third-order valence-corrected chi connectivity index (χ3v) is 2.68. The van der Waals surface area contributed by atoms with Gasteiger partial charge >= 0.3 is 5.69 Å². The summed E-state index contributed by atoms with van der Waals surface area (Å²) < 4.78 is 0.731. The molecule has 0 aromatic carbocycles. The molecular weight excluding hydrogens is 238 g/mol. The number of carbonyl (C=O) groups excluding carboxylic acids is 2. The van der Waals surface area contributed by atoms with Gasteiger partial charge in [-0.15, -0.1) is 0 Å². The summed E-state index contributed by atoms with van der Waals surface area (Å²) >= 11 is 0. The van der Waals surface area contributed by atoms with Gasteiger partial charge < -0.3 is 10.3 Å². The summed E-state index contributed by atoms with van der Waals surface area (Å²) in [6.07, 6.45) is 2.91. The number of carbonyl (C=O) groups is 2. The summed E-state index contributed by atoms with van der Waals surface area (Å²) in [6.45, 7) is 0.857. The molecule has 1 aliphatic rings. The van der Waals surface area contributed by atoms with E-state index in [1.165, 1.54) is 6.92 Å². The van der Waals surface area contributed by atoms with Crippen LogP contribution < -0.4 is 16.6 Å². The van der Waals surface area contributed by atoms with E-state index in [1.54, 1.807) is 0 Å². The monoisotopic (exact) mass is 251 g/mol. The Morgan fingerprint density at radius 3 is 2.67 bits per heavy atom. The van der Waals surface area contributed by atoms with Gasteiger partial charge in [-0.05, 0) is 19.8 Å². The van der Waals surface area contributed by atoms with Gasteiger partial charge in [-0.3, -0.25) is 19.0 Å². The topological polar surface area (TPSA) is 101 Å². The standard InChI is InChI=1S/C11H13N3O4/c1-6(15)8-4-12-11(18)14(10(8)17)5-9(16)13-7-2-3-7/h4,7H,2-3,5H2,1H3,(H,12,18)(H,13,16). The van der Waals surface area contributed by atoms with Crippen LogP contribution in [-0.4, -0.2) is 27.3 Å². The number of nitrogens with one attached hydrogen (secondary N) is 2. The second-order valence-electron chi connectivity index (χ2n) is 4.30. The molecule has 7 heteroatoms. The maximum Gasteiger partial charge on any atom is 0.328 e. The van der Waals surface area contributed by atoms with Gasteiger partial charge in [0.25, 0.3) is 5.56 Å². The zero-order valence-corrected chi connectivity index (χ0v) is 9.86. The number of ketones is 1. The van der Waals surface area contributed by atoms with Crippen molar-refractivity contribution in [2.24, 2.45) is 0 Å². The summed E-state index contributed by atoms with van der Waals surface area (Å²) in [6, 6.07) is 0.156. The molecule has 1 aliphatic carbocycles. The molecule has 0 radical (unpaired) electrons. The number of aromatic amines is 1. The van der Waals surface area contributed by atoms with Gasteiger partial charge in [0.15, 0.2) is 5.78 Å². The molecule has 7 nitrogen and oxygen atoms in total. The normalized spacial score (nSPS) is 14.3. The highest BCUT2D eigenvalue weighted by Gasteiger charge is 2.24. The Labute approximate surface area is 102 Å². The lowest BCUT2D eigenvalue weighted by Gasteiger charge is -2.06. The van der Waals surface area contributed by atoms with Crippen molar-refractivity contribution >= 4 is 11.7 Å². The first-order valence-electron chi connectivity index (χ1n) is 5.62. The summed E-state index contributed by atoms with van der Waals surface area (Å²) in [7, 11) is 0. The minimum Gasteiger partial charge on any atom is -0.352 e. The van der Waals surface area contributed by atoms with Crippen LogP contribution in [0.25, 0.3) is 0 Å². The molecule has 18 heavy (non-hydrogen) atoms. The number of aromatic nitrogens is 2. The van der Waals surface area contributed by atoms with Crippen LogP contribution in [0.5, 0.6) is 0 Å². The Morgan fingerprint density at radius 2 is 2.11 bits per heavy atom. The number of hydrogen-bond donors (Lipinski definition) is 2. The first-order chi connectivity index (χ1) is 8.49. The average molecular weight is 251 g/mol. The van der Waals surface area contributed by atoms with E-state index in [2.05, 4.69) is 10.3 Å². The molecule has 1 fully saturated rings. The molecule has 0 saturated heterocycles. The summed E-state index contributed by atoms with van der Waals surface area (Å²) in [5.74, 6) is -0.849. The van der Waals surface area contributed by atoms with Crippen molar-refractivity contribution in [1.82, 2.24) is 14.9 Å². The van der Waals surface area contributed by atoms with E-state index >= 15 is 0 Å². The van der Waals surface area contributed by atoms with Gasteiger partial charge in [-0.25, -0.2) is 4.79 Å². The lowest BCUT2D eigenvalue weighted by atomic mass is 10.2. The quantitative estimate of drug-likeness (QED) is 0.671. The number of hydrogen-bond acceptors (Lipinski definition) is 4. The van der Waals surface area contributed by atoms with Crippen molar-refractivity contribution in [3.8, 4) is 0 Å². The van der Waals surface area contributed by atoms with E-state index in [9.17, 15) is 19.2 Å². The fourth-order valence-electron chi connectivity index (χ4n) is 1.55. The van der Waals surface area contributed by atoms with Gasteiger partial charge in [0.2, 0.25) is 5.91 Å². The van der Waals surface area contributed by atoms with E-state index in [4.69, 9.17) is 0 Å². The molecule has 0 aliphatic heterocycles. The molecule has 1 saturated carbocycles. The molecule has 1 heterocycles. The van der Waals surface area contributed by atoms with Crippen LogP contribution in [0.4, 0.5) is 0 Å². The van der Waals surface area contributed by atoms with E-state index in [0.717, 1.165) is 23.6 Å². The van der Waals surface area contributed by atoms with Crippen LogP contribution in [0.15, 0.2) is 15.8 Å². The van der Waals surface area contributed by atoms with Crippen molar-refractivity contribution < 1.29 is 9.59 Å². The zero-order chi connectivity index (χ0) is 13.3. The summed E-state index contributed by atoms with van der Waals surface area (Å²) in [5.41, 5.74) is -1.57. The summed E-state index contributed by atoms with van der Waals surface area (Å²) in [4.78, 5) is 48.3. The highest BCUT2D eigenvalue weighted by molar-refractivity contribution is 5.93. The number of rotatable bonds is 4. The third-order valence-electron chi connectivity index (χ3n) is 2.68. The van der Waals surface area contributed by atoms with Crippen LogP contribution in [0.1, 0.15) is 30.1 Å². The van der Waals surface area contributed by atoms with Crippen LogP contribution in [0.3, 0.4) is 0 Å². The van der Waals surface area contributed by atoms with E-state index in [-0.39, 0.29) is 18.2 Å². The van der Waals surface area contributed by atoms with Gasteiger partial charge in [0.1, 0.15) is 6.54 Å². The zero-order valence-electron chi connectivity index (χ0n) is 9.86. The maximum atomic E-state index is 11.8. The van der Waals surface area contributed by atoms with Crippen molar-refractivity contribution in [3.05, 3.63) is 32.6 Å². The fourth-order valence-corrected chi connectivity index (χ4v) is 1.55. The molecule has 1 aromatic rings. The summed E-state index contributed by atoms with van der Waals surface area (Å²) in [5, 5.41) is 2.67. The van der Waals surface area contributed by atoms with Gasteiger partial charge in [-0.1, -0.05) is 0 Å². The number of H-pyrrole nitrogens is 1. The Bertz CT molecular complexity index is 609. The second-order valence-corrected chi connectivity index (χ2v) is 4.30. The fraction of sp³-hybridized carbons (Fsp3) is 0.455. The molecule has 0 atom stereocenters. The first kappa shape index (κ1) is 12.3. The maximum absolute atomic E-state index is 11.8. The van der Waals surface area contributed by atoms with Crippen LogP contribution in [0, 0.1) is 0 Å². The van der Waals surface area contributed by atoms with Crippen LogP contribution in [-0.2, 0) is 11.3 Å². The molecule has 1 aromatic heterocycles. The number of Topliss-reactive ketones (excluding diaryl/α,β-unsaturated/α-hetero) is 1. The van der Waals surface area contributed by atoms with Crippen molar-refractivity contribution in [2.45, 2.75) is 32.4 Å². The predicted molar refractivity (Wildman–Crippen MR) is 62.5 cm³/mol. The molecule has 2 N–H and O–H groups in total.